The van der Waals surface area contributed by atoms with Gasteiger partial charge in [-0.05, 0) is 62.3 Å². The Kier molecular flexibility index (Phi) is 10.5. The first-order valence-corrected chi connectivity index (χ1v) is 12.6. The molecule has 2 aromatic rings. The Balaban J connectivity index is 0.00000385. The molecule has 5 N–H and O–H groups in total. The summed E-state index contributed by atoms with van der Waals surface area (Å²) < 4.78 is 21.2. The molecule has 33 heavy (non-hydrogen) atoms. The van der Waals surface area contributed by atoms with E-state index in [1.807, 2.05) is 24.3 Å². The standard InChI is InChI=1S/C24H32NO6P.H3N/c1-19-6-8-20(9-7-19)5-3-2-4-16-30-22-13-10-21(11-14-22)12-15-24(26)25-17-23(18-25)31-32(27,28)29;/h6-11,13-14,23H,2-5,12,15-18H2,1H3,(H2,27,28,29);1H3. The second-order valence-corrected chi connectivity index (χ2v) is 9.50. The molecule has 1 aliphatic rings. The molecule has 9 heteroatoms. The van der Waals surface area contributed by atoms with Gasteiger partial charge >= 0.3 is 7.82 Å². The van der Waals surface area contributed by atoms with E-state index < -0.39 is 13.9 Å². The summed E-state index contributed by atoms with van der Waals surface area (Å²) in [5.41, 5.74) is 3.72. The molecule has 1 saturated heterocycles. The van der Waals surface area contributed by atoms with Gasteiger partial charge in [0.05, 0.1) is 6.61 Å². The second-order valence-electron chi connectivity index (χ2n) is 8.31. The van der Waals surface area contributed by atoms with Crippen LogP contribution in [0.1, 0.15) is 42.4 Å². The summed E-state index contributed by atoms with van der Waals surface area (Å²) in [5.74, 6) is 0.792. The number of hydrogen-bond donors (Lipinski definition) is 3. The van der Waals surface area contributed by atoms with Crippen molar-refractivity contribution in [1.29, 1.82) is 0 Å². The lowest BCUT2D eigenvalue weighted by molar-refractivity contribution is -0.140. The minimum absolute atomic E-state index is 0. The highest BCUT2D eigenvalue weighted by Gasteiger charge is 2.35. The summed E-state index contributed by atoms with van der Waals surface area (Å²) in [6.45, 7) is 3.24. The smallest absolute Gasteiger partial charge is 0.469 e. The van der Waals surface area contributed by atoms with E-state index in [0.29, 0.717) is 19.4 Å². The zero-order valence-electron chi connectivity index (χ0n) is 19.2. The number of carbonyl (C=O) groups is 1. The molecule has 182 valence electrons. The highest BCUT2D eigenvalue weighted by atomic mass is 31.2. The quantitative estimate of drug-likeness (QED) is 0.308. The third-order valence-electron chi connectivity index (χ3n) is 5.54. The summed E-state index contributed by atoms with van der Waals surface area (Å²) in [4.78, 5) is 31.3. The SMILES string of the molecule is Cc1ccc(CCCCCOc2ccc(CCC(=O)N3CC(OP(=O)(O)O)C3)cc2)cc1.N. The number of aryl methyl sites for hydroxylation is 3. The third kappa shape index (κ3) is 9.66. The van der Waals surface area contributed by atoms with E-state index in [9.17, 15) is 9.36 Å². The van der Waals surface area contributed by atoms with Crippen molar-refractivity contribution in [2.75, 3.05) is 19.7 Å². The molecule has 1 heterocycles. The molecule has 8 nitrogen and oxygen atoms in total. The van der Waals surface area contributed by atoms with Gasteiger partial charge in [0, 0.05) is 19.5 Å². The predicted molar refractivity (Wildman–Crippen MR) is 128 cm³/mol. The highest BCUT2D eigenvalue weighted by molar-refractivity contribution is 7.46. The molecule has 1 fully saturated rings. The number of hydrogen-bond acceptors (Lipinski definition) is 5. The van der Waals surface area contributed by atoms with Crippen LogP contribution in [0.4, 0.5) is 0 Å². The molecular weight excluding hydrogens is 443 g/mol. The van der Waals surface area contributed by atoms with Crippen LogP contribution in [0.2, 0.25) is 0 Å². The average molecular weight is 479 g/mol. The van der Waals surface area contributed by atoms with Crippen molar-refractivity contribution in [3.63, 3.8) is 0 Å². The number of phosphoric acid groups is 1. The van der Waals surface area contributed by atoms with E-state index in [2.05, 4.69) is 35.7 Å². The monoisotopic (exact) mass is 478 g/mol. The fourth-order valence-electron chi connectivity index (χ4n) is 3.62. The first-order valence-electron chi connectivity index (χ1n) is 11.1. The van der Waals surface area contributed by atoms with Crippen LogP contribution in [0.3, 0.4) is 0 Å². The molecule has 2 aromatic carbocycles. The van der Waals surface area contributed by atoms with Gasteiger partial charge in [-0.25, -0.2) is 4.57 Å². The minimum Gasteiger partial charge on any atom is -0.494 e. The van der Waals surface area contributed by atoms with E-state index in [-0.39, 0.29) is 25.1 Å². The molecule has 0 atom stereocenters. The molecular formula is C24H35N2O6P. The Morgan fingerprint density at radius 2 is 1.58 bits per heavy atom. The van der Waals surface area contributed by atoms with E-state index in [0.717, 1.165) is 37.0 Å². The van der Waals surface area contributed by atoms with E-state index in [1.54, 1.807) is 4.90 Å². The van der Waals surface area contributed by atoms with Gasteiger partial charge in [0.15, 0.2) is 0 Å². The average Bonchev–Trinajstić information content (AvgIpc) is 2.72. The molecule has 0 bridgehead atoms. The van der Waals surface area contributed by atoms with E-state index >= 15 is 0 Å². The van der Waals surface area contributed by atoms with Crippen molar-refractivity contribution in [1.82, 2.24) is 11.1 Å². The van der Waals surface area contributed by atoms with Gasteiger partial charge in [-0.15, -0.1) is 0 Å². The van der Waals surface area contributed by atoms with E-state index in [4.69, 9.17) is 14.5 Å². The number of unbranched alkanes of at least 4 members (excludes halogenated alkanes) is 2. The van der Waals surface area contributed by atoms with Crippen LogP contribution in [0.15, 0.2) is 48.5 Å². The summed E-state index contributed by atoms with van der Waals surface area (Å²) in [6, 6.07) is 16.5. The maximum absolute atomic E-state index is 12.2. The lowest BCUT2D eigenvalue weighted by atomic mass is 10.1. The normalized spacial score (nSPS) is 13.8. The topological polar surface area (TPSA) is 131 Å². The first kappa shape index (κ1) is 27.0. The number of likely N-dealkylation sites (tertiary alicyclic amines) is 1. The molecule has 0 unspecified atom stereocenters. The fourth-order valence-corrected chi connectivity index (χ4v) is 4.14. The fraction of sp³-hybridized carbons (Fsp3) is 0.458. The van der Waals surface area contributed by atoms with Crippen LogP contribution in [0, 0.1) is 6.92 Å². The molecule has 0 spiro atoms. The maximum Gasteiger partial charge on any atom is 0.469 e. The summed E-state index contributed by atoms with van der Waals surface area (Å²) >= 11 is 0. The Bertz CT molecular complexity index is 908. The van der Waals surface area contributed by atoms with Crippen LogP contribution >= 0.6 is 7.82 Å². The first-order chi connectivity index (χ1) is 15.3. The van der Waals surface area contributed by atoms with Gasteiger partial charge < -0.3 is 25.6 Å². The van der Waals surface area contributed by atoms with Crippen molar-refractivity contribution >= 4 is 13.7 Å². The Labute approximate surface area is 195 Å². The Hall–Kier alpha value is -2.22. The van der Waals surface area contributed by atoms with Crippen molar-refractivity contribution in [3.05, 3.63) is 65.2 Å². The van der Waals surface area contributed by atoms with E-state index in [1.165, 1.54) is 11.1 Å². The molecule has 1 amide bonds. The zero-order chi connectivity index (χ0) is 23.0. The van der Waals surface area contributed by atoms with Crippen molar-refractivity contribution < 1.29 is 28.4 Å². The Morgan fingerprint density at radius 3 is 2.21 bits per heavy atom. The van der Waals surface area contributed by atoms with Crippen LogP contribution in [-0.2, 0) is 26.7 Å². The number of nitrogens with zero attached hydrogens (tertiary/aromatic N) is 1. The lowest BCUT2D eigenvalue weighted by Gasteiger charge is -2.38. The molecule has 0 radical (unpaired) electrons. The van der Waals surface area contributed by atoms with Gasteiger partial charge in [0.1, 0.15) is 11.9 Å². The minimum atomic E-state index is -4.49. The lowest BCUT2D eigenvalue weighted by Crippen LogP contribution is -2.54. The maximum atomic E-state index is 12.2. The summed E-state index contributed by atoms with van der Waals surface area (Å²) in [6.07, 6.45) is 4.78. The predicted octanol–water partition coefficient (Wildman–Crippen LogP) is 4.20. The number of rotatable bonds is 12. The van der Waals surface area contributed by atoms with Crippen LogP contribution in [0.5, 0.6) is 5.75 Å². The van der Waals surface area contributed by atoms with Crippen LogP contribution < -0.4 is 10.9 Å². The van der Waals surface area contributed by atoms with Gasteiger partial charge in [-0.2, -0.15) is 0 Å². The largest absolute Gasteiger partial charge is 0.494 e. The summed E-state index contributed by atoms with van der Waals surface area (Å²) in [7, 11) is -4.49. The molecule has 3 rings (SSSR count). The van der Waals surface area contributed by atoms with Crippen molar-refractivity contribution in [2.24, 2.45) is 0 Å². The molecule has 1 aliphatic heterocycles. The zero-order valence-corrected chi connectivity index (χ0v) is 20.1. The third-order valence-corrected chi connectivity index (χ3v) is 6.11. The van der Waals surface area contributed by atoms with Gasteiger partial charge in [0.2, 0.25) is 5.91 Å². The molecule has 0 saturated carbocycles. The molecule has 0 aromatic heterocycles. The van der Waals surface area contributed by atoms with Gasteiger partial charge in [-0.3, -0.25) is 9.32 Å². The Morgan fingerprint density at radius 1 is 0.970 bits per heavy atom. The number of amides is 1. The second kappa shape index (κ2) is 12.9. The van der Waals surface area contributed by atoms with Crippen LogP contribution in [0.25, 0.3) is 0 Å². The molecule has 0 aliphatic carbocycles. The number of ether oxygens (including phenoxy) is 1. The number of benzene rings is 2. The number of phosphoric ester groups is 1. The van der Waals surface area contributed by atoms with Crippen molar-refractivity contribution in [2.45, 2.75) is 51.6 Å². The van der Waals surface area contributed by atoms with Gasteiger partial charge in [-0.1, -0.05) is 42.0 Å². The summed E-state index contributed by atoms with van der Waals surface area (Å²) in [5, 5.41) is 0. The van der Waals surface area contributed by atoms with Crippen LogP contribution in [-0.4, -0.2) is 46.4 Å². The van der Waals surface area contributed by atoms with Crippen molar-refractivity contribution in [3.8, 4) is 5.75 Å². The van der Waals surface area contributed by atoms with Gasteiger partial charge in [0.25, 0.3) is 0 Å². The number of carbonyl (C=O) groups excluding carboxylic acids is 1. The highest BCUT2D eigenvalue weighted by Crippen LogP contribution is 2.39.